The number of carbonyl (C=O) groups is 2. The van der Waals surface area contributed by atoms with Crippen molar-refractivity contribution in [3.8, 4) is 0 Å². The van der Waals surface area contributed by atoms with Crippen molar-refractivity contribution in [2.24, 2.45) is 0 Å². The molecule has 1 N–H and O–H groups in total. The molecule has 1 saturated carbocycles. The van der Waals surface area contributed by atoms with Crippen molar-refractivity contribution in [2.75, 3.05) is 32.0 Å². The molecular weight excluding hydrogens is 324 g/mol. The Labute approximate surface area is 146 Å². The van der Waals surface area contributed by atoms with E-state index in [0.717, 1.165) is 12.8 Å². The summed E-state index contributed by atoms with van der Waals surface area (Å²) in [6.07, 6.45) is 1.99. The number of nitro groups is 1. The number of nitrogens with one attached hydrogen (secondary N) is 1. The smallest absolute Gasteiger partial charge is 0.293 e. The first-order chi connectivity index (χ1) is 11.9. The largest absolute Gasteiger partial charge is 0.377 e. The molecule has 0 radical (unpaired) electrons. The highest BCUT2D eigenvalue weighted by Crippen LogP contribution is 2.31. The Morgan fingerprint density at radius 1 is 1.28 bits per heavy atom. The average Bonchev–Trinajstić information content (AvgIpc) is 3.39. The van der Waals surface area contributed by atoms with Crippen molar-refractivity contribution < 1.29 is 14.5 Å². The molecule has 25 heavy (non-hydrogen) atoms. The highest BCUT2D eigenvalue weighted by Gasteiger charge is 2.26. The maximum absolute atomic E-state index is 12.5. The van der Waals surface area contributed by atoms with Crippen LogP contribution in [0.5, 0.6) is 0 Å². The number of nitro benzene ring substituents is 1. The second kappa shape index (κ2) is 7.96. The quantitative estimate of drug-likeness (QED) is 0.573. The van der Waals surface area contributed by atoms with Crippen LogP contribution in [0.15, 0.2) is 18.2 Å². The van der Waals surface area contributed by atoms with E-state index in [1.807, 2.05) is 13.8 Å². The van der Waals surface area contributed by atoms with Crippen LogP contribution in [0.25, 0.3) is 0 Å². The van der Waals surface area contributed by atoms with Crippen LogP contribution >= 0.6 is 0 Å². The Bertz CT molecular complexity index is 669. The molecule has 0 heterocycles. The third kappa shape index (κ3) is 4.68. The maximum atomic E-state index is 12.5. The van der Waals surface area contributed by atoms with Crippen molar-refractivity contribution in [3.63, 3.8) is 0 Å². The van der Waals surface area contributed by atoms with Gasteiger partial charge in [-0.2, -0.15) is 0 Å². The van der Waals surface area contributed by atoms with E-state index in [4.69, 9.17) is 0 Å². The number of hydrogen-bond acceptors (Lipinski definition) is 5. The summed E-state index contributed by atoms with van der Waals surface area (Å²) in [5.41, 5.74) is 0.495. The predicted octanol–water partition coefficient (Wildman–Crippen LogP) is 2.11. The molecule has 1 aliphatic carbocycles. The number of hydrogen-bond donors (Lipinski definition) is 1. The minimum atomic E-state index is -0.497. The molecule has 1 aromatic carbocycles. The molecule has 2 amide bonds. The van der Waals surface area contributed by atoms with Crippen LogP contribution in [0.2, 0.25) is 0 Å². The Hall–Kier alpha value is -2.64. The number of nitrogens with zero attached hydrogens (tertiary/aromatic N) is 3. The number of carbonyl (C=O) groups excluding carboxylic acids is 2. The normalized spacial score (nSPS) is 13.2. The van der Waals surface area contributed by atoms with Crippen molar-refractivity contribution >= 4 is 23.2 Å². The standard InChI is InChI=1S/C17H24N4O4/c1-4-20(5-2)16(22)11-19(3)17(23)12-6-9-14(18-13-7-8-13)15(10-12)21(24)25/h6,9-10,13,18H,4-5,7-8,11H2,1-3H3. The first-order valence-electron chi connectivity index (χ1n) is 8.45. The molecule has 0 saturated heterocycles. The summed E-state index contributed by atoms with van der Waals surface area (Å²) in [7, 11) is 1.52. The van der Waals surface area contributed by atoms with Gasteiger partial charge in [0.2, 0.25) is 5.91 Å². The lowest BCUT2D eigenvalue weighted by atomic mass is 10.1. The second-order valence-corrected chi connectivity index (χ2v) is 6.13. The average molecular weight is 348 g/mol. The van der Waals surface area contributed by atoms with Gasteiger partial charge in [-0.05, 0) is 38.8 Å². The zero-order chi connectivity index (χ0) is 18.6. The van der Waals surface area contributed by atoms with Crippen molar-refractivity contribution in [3.05, 3.63) is 33.9 Å². The number of anilines is 1. The summed E-state index contributed by atoms with van der Waals surface area (Å²) in [6, 6.07) is 4.66. The van der Waals surface area contributed by atoms with Gasteiger partial charge in [-0.25, -0.2) is 0 Å². The van der Waals surface area contributed by atoms with Gasteiger partial charge in [-0.1, -0.05) is 0 Å². The fourth-order valence-electron chi connectivity index (χ4n) is 2.56. The topological polar surface area (TPSA) is 95.8 Å². The van der Waals surface area contributed by atoms with Crippen LogP contribution in [-0.2, 0) is 4.79 Å². The van der Waals surface area contributed by atoms with E-state index in [2.05, 4.69) is 5.32 Å². The molecule has 1 aromatic rings. The van der Waals surface area contributed by atoms with Crippen LogP contribution in [0.4, 0.5) is 11.4 Å². The van der Waals surface area contributed by atoms with E-state index < -0.39 is 10.8 Å². The van der Waals surface area contributed by atoms with E-state index >= 15 is 0 Å². The van der Waals surface area contributed by atoms with Crippen LogP contribution in [0.3, 0.4) is 0 Å². The number of benzene rings is 1. The molecule has 0 aromatic heterocycles. The maximum Gasteiger partial charge on any atom is 0.293 e. The zero-order valence-corrected chi connectivity index (χ0v) is 14.8. The Balaban J connectivity index is 2.13. The molecule has 1 aliphatic rings. The third-order valence-corrected chi connectivity index (χ3v) is 4.21. The first kappa shape index (κ1) is 18.7. The molecular formula is C17H24N4O4. The van der Waals surface area contributed by atoms with E-state index in [1.54, 1.807) is 17.0 Å². The summed E-state index contributed by atoms with van der Waals surface area (Å²) in [4.78, 5) is 38.3. The Morgan fingerprint density at radius 2 is 1.92 bits per heavy atom. The van der Waals surface area contributed by atoms with Crippen LogP contribution in [0.1, 0.15) is 37.0 Å². The summed E-state index contributed by atoms with van der Waals surface area (Å²) in [5.74, 6) is -0.566. The minimum absolute atomic E-state index is 0.0591. The van der Waals surface area contributed by atoms with Crippen molar-refractivity contribution in [1.29, 1.82) is 0 Å². The molecule has 8 heteroatoms. The molecule has 0 spiro atoms. The lowest BCUT2D eigenvalue weighted by Gasteiger charge is -2.23. The van der Waals surface area contributed by atoms with Gasteiger partial charge < -0.3 is 15.1 Å². The lowest BCUT2D eigenvalue weighted by molar-refractivity contribution is -0.384. The van der Waals surface area contributed by atoms with E-state index in [-0.39, 0.29) is 29.7 Å². The third-order valence-electron chi connectivity index (χ3n) is 4.21. The molecule has 136 valence electrons. The molecule has 2 rings (SSSR count). The fraction of sp³-hybridized carbons (Fsp3) is 0.529. The van der Waals surface area contributed by atoms with E-state index in [0.29, 0.717) is 18.8 Å². The van der Waals surface area contributed by atoms with Gasteiger partial charge in [0, 0.05) is 37.8 Å². The van der Waals surface area contributed by atoms with Gasteiger partial charge in [-0.15, -0.1) is 0 Å². The van der Waals surface area contributed by atoms with Crippen LogP contribution in [-0.4, -0.2) is 59.3 Å². The van der Waals surface area contributed by atoms with Gasteiger partial charge in [0.05, 0.1) is 11.5 Å². The second-order valence-electron chi connectivity index (χ2n) is 6.13. The number of amides is 2. The molecule has 0 aliphatic heterocycles. The molecule has 0 unspecified atom stereocenters. The van der Waals surface area contributed by atoms with Gasteiger partial charge in [0.1, 0.15) is 5.69 Å². The Morgan fingerprint density at radius 3 is 2.44 bits per heavy atom. The van der Waals surface area contributed by atoms with Crippen molar-refractivity contribution in [1.82, 2.24) is 9.80 Å². The zero-order valence-electron chi connectivity index (χ0n) is 14.8. The summed E-state index contributed by atoms with van der Waals surface area (Å²) in [5, 5.41) is 14.4. The van der Waals surface area contributed by atoms with Crippen molar-refractivity contribution in [2.45, 2.75) is 32.7 Å². The molecule has 0 bridgehead atoms. The van der Waals surface area contributed by atoms with E-state index in [1.165, 1.54) is 18.0 Å². The Kier molecular flexibility index (Phi) is 5.95. The molecule has 8 nitrogen and oxygen atoms in total. The highest BCUT2D eigenvalue weighted by molar-refractivity contribution is 5.97. The highest BCUT2D eigenvalue weighted by atomic mass is 16.6. The molecule has 0 atom stereocenters. The number of rotatable bonds is 8. The SMILES string of the molecule is CCN(CC)C(=O)CN(C)C(=O)c1ccc(NC2CC2)c([N+](=O)[O-])c1. The van der Waals surface area contributed by atoms with Gasteiger partial charge >= 0.3 is 0 Å². The summed E-state index contributed by atoms with van der Waals surface area (Å²) < 4.78 is 0. The summed E-state index contributed by atoms with van der Waals surface area (Å²) in [6.45, 7) is 4.83. The van der Waals surface area contributed by atoms with Crippen LogP contribution < -0.4 is 5.32 Å². The van der Waals surface area contributed by atoms with Crippen LogP contribution in [0, 0.1) is 10.1 Å². The van der Waals surface area contributed by atoms with Gasteiger partial charge in [-0.3, -0.25) is 19.7 Å². The van der Waals surface area contributed by atoms with Gasteiger partial charge in [0.25, 0.3) is 11.6 Å². The predicted molar refractivity (Wildman–Crippen MR) is 94.6 cm³/mol. The lowest BCUT2D eigenvalue weighted by Crippen LogP contribution is -2.41. The molecule has 1 fully saturated rings. The monoisotopic (exact) mass is 348 g/mol. The fourth-order valence-corrected chi connectivity index (χ4v) is 2.56. The first-order valence-corrected chi connectivity index (χ1v) is 8.45. The minimum Gasteiger partial charge on any atom is -0.377 e. The number of likely N-dealkylation sites (N-methyl/N-ethyl adjacent to an activating group) is 2. The van der Waals surface area contributed by atoms with E-state index in [9.17, 15) is 19.7 Å². The summed E-state index contributed by atoms with van der Waals surface area (Å²) >= 11 is 0. The van der Waals surface area contributed by atoms with Gasteiger partial charge in [0.15, 0.2) is 0 Å².